The fourth-order valence-electron chi connectivity index (χ4n) is 4.44. The summed E-state index contributed by atoms with van der Waals surface area (Å²) in [7, 11) is 0. The molecule has 1 rings (SSSR count). The van der Waals surface area contributed by atoms with E-state index >= 15 is 0 Å². The average molecular weight is 295 g/mol. The predicted octanol–water partition coefficient (Wildman–Crippen LogP) is 7.47. The van der Waals surface area contributed by atoms with E-state index in [1.165, 1.54) is 64.2 Å². The summed E-state index contributed by atoms with van der Waals surface area (Å²) in [5, 5.41) is 0. The van der Waals surface area contributed by atoms with E-state index in [4.69, 9.17) is 0 Å². The van der Waals surface area contributed by atoms with Crippen molar-refractivity contribution in [1.29, 1.82) is 0 Å². The Bertz CT molecular complexity index is 257. The van der Waals surface area contributed by atoms with E-state index < -0.39 is 0 Å². The molecule has 0 bridgehead atoms. The second-order valence-corrected chi connectivity index (χ2v) is 8.78. The van der Waals surface area contributed by atoms with Crippen LogP contribution >= 0.6 is 0 Å². The molecule has 0 nitrogen and oxygen atoms in total. The number of rotatable bonds is 8. The Morgan fingerprint density at radius 2 is 1.48 bits per heavy atom. The molecule has 0 aliphatic heterocycles. The first-order valence-corrected chi connectivity index (χ1v) is 9.90. The van der Waals surface area contributed by atoms with Crippen LogP contribution < -0.4 is 0 Å². The molecular formula is C21H42. The van der Waals surface area contributed by atoms with Crippen molar-refractivity contribution < 1.29 is 0 Å². The van der Waals surface area contributed by atoms with Gasteiger partial charge in [-0.2, -0.15) is 0 Å². The first-order chi connectivity index (χ1) is 9.90. The lowest BCUT2D eigenvalue weighted by Crippen LogP contribution is -2.29. The molecule has 0 aromatic rings. The Kier molecular flexibility index (Phi) is 8.35. The van der Waals surface area contributed by atoms with Gasteiger partial charge in [0.15, 0.2) is 0 Å². The van der Waals surface area contributed by atoms with Crippen molar-refractivity contribution in [1.82, 2.24) is 0 Å². The lowest BCUT2D eigenvalue weighted by molar-refractivity contribution is 0.110. The van der Waals surface area contributed by atoms with Gasteiger partial charge in [0.2, 0.25) is 0 Å². The van der Waals surface area contributed by atoms with Crippen LogP contribution in [0.5, 0.6) is 0 Å². The largest absolute Gasteiger partial charge is 0.0651 e. The Balaban J connectivity index is 2.69. The zero-order chi connectivity index (χ0) is 15.9. The summed E-state index contributed by atoms with van der Waals surface area (Å²) in [4.78, 5) is 0. The molecule has 0 saturated heterocycles. The maximum atomic E-state index is 2.58. The van der Waals surface area contributed by atoms with Crippen LogP contribution in [0.3, 0.4) is 0 Å². The van der Waals surface area contributed by atoms with Crippen molar-refractivity contribution in [3.05, 3.63) is 0 Å². The molecule has 0 spiro atoms. The number of hydrogen-bond donors (Lipinski definition) is 0. The molecule has 1 fully saturated rings. The molecule has 0 radical (unpaired) electrons. The van der Waals surface area contributed by atoms with Crippen molar-refractivity contribution in [2.45, 2.75) is 106 Å². The quantitative estimate of drug-likeness (QED) is 0.407. The molecule has 1 aliphatic carbocycles. The minimum Gasteiger partial charge on any atom is -0.0651 e. The highest BCUT2D eigenvalue weighted by Crippen LogP contribution is 2.44. The monoisotopic (exact) mass is 294 g/mol. The molecule has 1 aliphatic rings. The van der Waals surface area contributed by atoms with Crippen molar-refractivity contribution in [2.75, 3.05) is 0 Å². The van der Waals surface area contributed by atoms with Crippen LogP contribution in [0.1, 0.15) is 106 Å². The van der Waals surface area contributed by atoms with E-state index in [1.807, 2.05) is 0 Å². The van der Waals surface area contributed by atoms with E-state index in [1.54, 1.807) is 0 Å². The van der Waals surface area contributed by atoms with E-state index in [0.717, 1.165) is 23.7 Å². The minimum atomic E-state index is 0.548. The highest BCUT2D eigenvalue weighted by Gasteiger charge is 2.33. The summed E-state index contributed by atoms with van der Waals surface area (Å²) >= 11 is 0. The second kappa shape index (κ2) is 9.21. The van der Waals surface area contributed by atoms with Crippen LogP contribution in [0, 0.1) is 29.1 Å². The molecule has 3 unspecified atom stereocenters. The summed E-state index contributed by atoms with van der Waals surface area (Å²) < 4.78 is 0. The molecule has 0 aromatic heterocycles. The van der Waals surface area contributed by atoms with Gasteiger partial charge in [-0.05, 0) is 54.8 Å². The van der Waals surface area contributed by atoms with Gasteiger partial charge in [0, 0.05) is 0 Å². The maximum absolute atomic E-state index is 2.58. The highest BCUT2D eigenvalue weighted by atomic mass is 14.4. The van der Waals surface area contributed by atoms with Gasteiger partial charge >= 0.3 is 0 Å². The predicted molar refractivity (Wildman–Crippen MR) is 96.6 cm³/mol. The summed E-state index contributed by atoms with van der Waals surface area (Å²) in [5.74, 6) is 3.70. The average Bonchev–Trinajstić information content (AvgIpc) is 2.74. The van der Waals surface area contributed by atoms with Crippen molar-refractivity contribution in [3.8, 4) is 0 Å². The third kappa shape index (κ3) is 6.33. The molecule has 0 amide bonds. The van der Waals surface area contributed by atoms with Crippen LogP contribution in [0.2, 0.25) is 0 Å². The van der Waals surface area contributed by atoms with E-state index in [-0.39, 0.29) is 0 Å². The molecule has 0 heteroatoms. The van der Waals surface area contributed by atoms with E-state index in [2.05, 4.69) is 41.5 Å². The van der Waals surface area contributed by atoms with E-state index in [0.29, 0.717) is 5.41 Å². The van der Waals surface area contributed by atoms with Crippen LogP contribution in [0.15, 0.2) is 0 Å². The number of hydrogen-bond acceptors (Lipinski definition) is 0. The Labute approximate surface area is 135 Å². The van der Waals surface area contributed by atoms with Crippen molar-refractivity contribution in [2.24, 2.45) is 29.1 Å². The van der Waals surface area contributed by atoms with Gasteiger partial charge in [0.05, 0.1) is 0 Å². The SMILES string of the molecule is CCC(C)CC(CC(C)(C)C1CCCCCC1)C(C)CC. The van der Waals surface area contributed by atoms with Gasteiger partial charge < -0.3 is 0 Å². The fourth-order valence-corrected chi connectivity index (χ4v) is 4.44. The van der Waals surface area contributed by atoms with Gasteiger partial charge in [-0.3, -0.25) is 0 Å². The molecule has 0 N–H and O–H groups in total. The van der Waals surface area contributed by atoms with Gasteiger partial charge in [0.25, 0.3) is 0 Å². The lowest BCUT2D eigenvalue weighted by atomic mass is 9.66. The van der Waals surface area contributed by atoms with Gasteiger partial charge in [-0.25, -0.2) is 0 Å². The molecule has 0 heterocycles. The first-order valence-electron chi connectivity index (χ1n) is 9.90. The zero-order valence-electron chi connectivity index (χ0n) is 15.9. The summed E-state index contributed by atoms with van der Waals surface area (Å²) in [6.45, 7) is 14.8. The molecule has 3 atom stereocenters. The van der Waals surface area contributed by atoms with E-state index in [9.17, 15) is 0 Å². The Morgan fingerprint density at radius 1 is 0.905 bits per heavy atom. The minimum absolute atomic E-state index is 0.548. The third-order valence-corrected chi connectivity index (χ3v) is 6.60. The molecule has 1 saturated carbocycles. The molecule has 21 heavy (non-hydrogen) atoms. The Hall–Kier alpha value is 0. The standard InChI is InChI=1S/C21H42/c1-7-17(3)15-19(18(4)8-2)16-21(5,6)20-13-11-9-10-12-14-20/h17-20H,7-16H2,1-6H3. The summed E-state index contributed by atoms with van der Waals surface area (Å²) in [5.41, 5.74) is 0.548. The highest BCUT2D eigenvalue weighted by molar-refractivity contribution is 4.84. The van der Waals surface area contributed by atoms with Crippen LogP contribution in [0.25, 0.3) is 0 Å². The third-order valence-electron chi connectivity index (χ3n) is 6.60. The Morgan fingerprint density at radius 3 is 1.95 bits per heavy atom. The fraction of sp³-hybridized carbons (Fsp3) is 1.00. The first kappa shape index (κ1) is 19.0. The normalized spacial score (nSPS) is 22.6. The maximum Gasteiger partial charge on any atom is -0.0323 e. The van der Waals surface area contributed by atoms with Gasteiger partial charge in [0.1, 0.15) is 0 Å². The van der Waals surface area contributed by atoms with Crippen molar-refractivity contribution >= 4 is 0 Å². The lowest BCUT2D eigenvalue weighted by Gasteiger charge is -2.39. The van der Waals surface area contributed by atoms with Crippen LogP contribution in [-0.2, 0) is 0 Å². The zero-order valence-corrected chi connectivity index (χ0v) is 15.9. The summed E-state index contributed by atoms with van der Waals surface area (Å²) in [6, 6.07) is 0. The van der Waals surface area contributed by atoms with Crippen molar-refractivity contribution in [3.63, 3.8) is 0 Å². The second-order valence-electron chi connectivity index (χ2n) is 8.78. The van der Waals surface area contributed by atoms with Gasteiger partial charge in [-0.15, -0.1) is 0 Å². The summed E-state index contributed by atoms with van der Waals surface area (Å²) in [6.07, 6.45) is 14.5. The molecule has 0 aromatic carbocycles. The molecular weight excluding hydrogens is 252 g/mol. The molecule has 126 valence electrons. The van der Waals surface area contributed by atoms with Gasteiger partial charge in [-0.1, -0.05) is 80.1 Å². The van der Waals surface area contributed by atoms with Crippen LogP contribution in [-0.4, -0.2) is 0 Å². The topological polar surface area (TPSA) is 0 Å². The smallest absolute Gasteiger partial charge is 0.0323 e. The van der Waals surface area contributed by atoms with Crippen LogP contribution in [0.4, 0.5) is 0 Å².